The minimum atomic E-state index is -2.72. The van der Waals surface area contributed by atoms with Gasteiger partial charge in [-0.05, 0) is 51.7 Å². The van der Waals surface area contributed by atoms with E-state index in [1.807, 2.05) is 6.92 Å². The third-order valence-electron chi connectivity index (χ3n) is 10.9. The normalized spacial score (nSPS) is 16.9. The van der Waals surface area contributed by atoms with Crippen LogP contribution in [0.15, 0.2) is 60.7 Å². The molecule has 2 aromatic carbocycles. The van der Waals surface area contributed by atoms with Crippen molar-refractivity contribution in [1.29, 1.82) is 0 Å². The molecule has 0 aliphatic rings. The largest absolute Gasteiger partial charge is 0.413 e. The average molecular weight is 671 g/mol. The van der Waals surface area contributed by atoms with Crippen molar-refractivity contribution in [2.45, 2.75) is 137 Å². The second-order valence-electron chi connectivity index (χ2n) is 16.0. The van der Waals surface area contributed by atoms with Crippen LogP contribution in [-0.4, -0.2) is 50.1 Å². The highest BCUT2D eigenvalue weighted by Crippen LogP contribution is 2.42. The maximum atomic E-state index is 12.4. The van der Waals surface area contributed by atoms with Gasteiger partial charge in [0.25, 0.3) is 8.32 Å². The van der Waals surface area contributed by atoms with Crippen LogP contribution in [0.5, 0.6) is 0 Å². The summed E-state index contributed by atoms with van der Waals surface area (Å²) in [6, 6.07) is 24.9. The van der Waals surface area contributed by atoms with E-state index in [9.17, 15) is 4.79 Å². The predicted molar refractivity (Wildman–Crippen MR) is 201 cm³/mol. The molecule has 0 heterocycles. The van der Waals surface area contributed by atoms with Gasteiger partial charge in [-0.2, -0.15) is 0 Å². The van der Waals surface area contributed by atoms with E-state index in [1.54, 1.807) is 0 Å². The van der Waals surface area contributed by atoms with Gasteiger partial charge < -0.3 is 18.1 Å². The van der Waals surface area contributed by atoms with E-state index in [-0.39, 0.29) is 40.0 Å². The third-order valence-corrected chi connectivity index (χ3v) is 25.0. The topological polar surface area (TPSA) is 44.8 Å². The second kappa shape index (κ2) is 16.2. The molecule has 7 heteroatoms. The van der Waals surface area contributed by atoms with E-state index < -0.39 is 25.0 Å². The molecule has 0 radical (unpaired) electrons. The van der Waals surface area contributed by atoms with Crippen LogP contribution >= 0.6 is 0 Å². The smallest absolute Gasteiger partial charge is 0.261 e. The van der Waals surface area contributed by atoms with Crippen LogP contribution in [0, 0.1) is 17.8 Å². The fourth-order valence-corrected chi connectivity index (χ4v) is 15.8. The summed E-state index contributed by atoms with van der Waals surface area (Å²) >= 11 is 0. The summed E-state index contributed by atoms with van der Waals surface area (Å²) in [5, 5.41) is 2.51. The Morgan fingerprint density at radius 2 is 1.13 bits per heavy atom. The lowest BCUT2D eigenvalue weighted by molar-refractivity contribution is -0.115. The highest BCUT2D eigenvalue weighted by Gasteiger charge is 2.51. The molecule has 0 unspecified atom stereocenters. The quantitative estimate of drug-likeness (QED) is 0.124. The summed E-state index contributed by atoms with van der Waals surface area (Å²) in [7, 11) is -6.90. The van der Waals surface area contributed by atoms with Crippen LogP contribution in [0.1, 0.15) is 83.1 Å². The van der Waals surface area contributed by atoms with Crippen molar-refractivity contribution in [2.24, 2.45) is 17.8 Å². The van der Waals surface area contributed by atoms with Crippen molar-refractivity contribution in [3.63, 3.8) is 0 Å². The van der Waals surface area contributed by atoms with E-state index >= 15 is 0 Å². The van der Waals surface area contributed by atoms with Crippen molar-refractivity contribution in [2.75, 3.05) is 6.61 Å². The van der Waals surface area contributed by atoms with Gasteiger partial charge in [-0.1, -0.05) is 144 Å². The van der Waals surface area contributed by atoms with Crippen LogP contribution in [0.3, 0.4) is 0 Å². The molecule has 5 atom stereocenters. The van der Waals surface area contributed by atoms with Gasteiger partial charge in [0.15, 0.2) is 16.6 Å². The van der Waals surface area contributed by atoms with Crippen molar-refractivity contribution in [3.05, 3.63) is 60.7 Å². The maximum Gasteiger partial charge on any atom is 0.261 e. The summed E-state index contributed by atoms with van der Waals surface area (Å²) in [5.74, 6) is -0.109. The average Bonchev–Trinajstić information content (AvgIpc) is 3.00. The zero-order valence-corrected chi connectivity index (χ0v) is 34.2. The molecule has 0 spiro atoms. The Balaban J connectivity index is 2.66. The number of carbonyl (C=O) groups excluding carboxylic acids is 1. The molecule has 0 amide bonds. The Labute approximate surface area is 280 Å². The van der Waals surface area contributed by atoms with Gasteiger partial charge in [-0.25, -0.2) is 0 Å². The first-order valence-corrected chi connectivity index (χ1v) is 24.8. The minimum Gasteiger partial charge on any atom is -0.413 e. The molecule has 2 aromatic rings. The van der Waals surface area contributed by atoms with E-state index in [4.69, 9.17) is 13.3 Å². The Kier molecular flexibility index (Phi) is 14.3. The Morgan fingerprint density at radius 3 is 1.49 bits per heavy atom. The minimum absolute atomic E-state index is 0.0219. The third kappa shape index (κ3) is 9.17. The van der Waals surface area contributed by atoms with Gasteiger partial charge >= 0.3 is 0 Å². The number of rotatable bonds is 17. The van der Waals surface area contributed by atoms with Crippen LogP contribution in [0.4, 0.5) is 0 Å². The molecule has 0 saturated carbocycles. The fourth-order valence-electron chi connectivity index (χ4n) is 6.62. The fraction of sp³-hybridized carbons (Fsp3) is 0.658. The van der Waals surface area contributed by atoms with Crippen molar-refractivity contribution >= 4 is 41.6 Å². The highest BCUT2D eigenvalue weighted by molar-refractivity contribution is 6.99. The number of hydrogen-bond acceptors (Lipinski definition) is 4. The zero-order valence-electron chi connectivity index (χ0n) is 31.2. The van der Waals surface area contributed by atoms with E-state index in [0.29, 0.717) is 6.61 Å². The van der Waals surface area contributed by atoms with E-state index in [2.05, 4.69) is 150 Å². The first-order chi connectivity index (χ1) is 20.9. The second-order valence-corrected chi connectivity index (χ2v) is 29.8. The molecule has 2 rings (SSSR count). The SMILES string of the molecule is CC[Si](CC)(CC)O[C@@H]([C@H](C)[C@@H](O[Si](C)(C)C(C)(C)C)[C@H](C)CO[Si](c1ccccc1)(c1ccccc1)C(C)(C)C)[C@@H](C)C=O. The number of carbonyl (C=O) groups is 1. The number of benzene rings is 2. The summed E-state index contributed by atoms with van der Waals surface area (Å²) in [5.41, 5.74) is 0. The van der Waals surface area contributed by atoms with Gasteiger partial charge in [-0.3, -0.25) is 0 Å². The lowest BCUT2D eigenvalue weighted by atomic mass is 9.85. The molecule has 254 valence electrons. The molecule has 0 fully saturated rings. The molecular formula is C38H66O4Si3. The van der Waals surface area contributed by atoms with Crippen molar-refractivity contribution in [3.8, 4) is 0 Å². The summed E-state index contributed by atoms with van der Waals surface area (Å²) in [4.78, 5) is 12.4. The first kappa shape index (κ1) is 39.8. The van der Waals surface area contributed by atoms with E-state index in [0.717, 1.165) is 24.4 Å². The summed E-state index contributed by atoms with van der Waals surface area (Å²) in [6.45, 7) is 32.5. The van der Waals surface area contributed by atoms with Crippen LogP contribution in [-0.2, 0) is 18.1 Å². The molecule has 4 nitrogen and oxygen atoms in total. The maximum absolute atomic E-state index is 12.4. The Morgan fingerprint density at radius 1 is 0.689 bits per heavy atom. The van der Waals surface area contributed by atoms with Crippen LogP contribution < -0.4 is 10.4 Å². The monoisotopic (exact) mass is 670 g/mol. The summed E-state index contributed by atoms with van der Waals surface area (Å²) in [6.07, 6.45) is 0.779. The molecule has 0 aliphatic carbocycles. The van der Waals surface area contributed by atoms with E-state index in [1.165, 1.54) is 10.4 Å². The lowest BCUT2D eigenvalue weighted by Gasteiger charge is -2.48. The molecule has 0 aromatic heterocycles. The zero-order chi connectivity index (χ0) is 34.3. The van der Waals surface area contributed by atoms with Gasteiger partial charge in [0.1, 0.15) is 6.29 Å². The highest BCUT2D eigenvalue weighted by atomic mass is 28.4. The first-order valence-electron chi connectivity index (χ1n) is 17.4. The standard InChI is InChI=1S/C38H66O4Si3/c1-15-44(16-2,17-3)42-35(30(4)28-39)32(6)36(41-43(13,14)37(7,8)9)31(5)29-40-45(38(10,11)12,33-24-20-18-21-25-33)34-26-22-19-23-27-34/h18-28,30-32,35-36H,15-17,29H2,1-14H3/t30-,31+,32-,35+,36-/m0/s1. The molecular weight excluding hydrogens is 605 g/mol. The Bertz CT molecular complexity index is 1110. The lowest BCUT2D eigenvalue weighted by Crippen LogP contribution is -2.67. The van der Waals surface area contributed by atoms with Gasteiger partial charge in [0.05, 0.1) is 12.2 Å². The number of hydrogen-bond donors (Lipinski definition) is 0. The van der Waals surface area contributed by atoms with Gasteiger partial charge in [-0.15, -0.1) is 0 Å². The molecule has 45 heavy (non-hydrogen) atoms. The van der Waals surface area contributed by atoms with Crippen molar-refractivity contribution in [1.82, 2.24) is 0 Å². The molecule has 0 aliphatic heterocycles. The predicted octanol–water partition coefficient (Wildman–Crippen LogP) is 9.45. The van der Waals surface area contributed by atoms with Crippen LogP contribution in [0.25, 0.3) is 0 Å². The summed E-state index contributed by atoms with van der Waals surface area (Å²) < 4.78 is 22.0. The van der Waals surface area contributed by atoms with Crippen molar-refractivity contribution < 1.29 is 18.1 Å². The number of aldehydes is 1. The van der Waals surface area contributed by atoms with Crippen LogP contribution in [0.2, 0.25) is 41.3 Å². The molecule has 0 N–H and O–H groups in total. The van der Waals surface area contributed by atoms with Gasteiger partial charge in [0, 0.05) is 24.4 Å². The Hall–Kier alpha value is -1.36. The molecule has 0 saturated heterocycles. The molecule has 0 bridgehead atoms. The van der Waals surface area contributed by atoms with Gasteiger partial charge in [0.2, 0.25) is 0 Å².